The van der Waals surface area contributed by atoms with Crippen LogP contribution in [0.25, 0.3) is 11.1 Å². The van der Waals surface area contributed by atoms with Gasteiger partial charge >= 0.3 is 0 Å². The summed E-state index contributed by atoms with van der Waals surface area (Å²) in [5.41, 5.74) is 4.92. The number of ether oxygens (including phenoxy) is 1. The molecule has 0 saturated heterocycles. The van der Waals surface area contributed by atoms with Crippen LogP contribution in [-0.2, 0) is 4.79 Å². The van der Waals surface area contributed by atoms with Crippen LogP contribution in [0.5, 0.6) is 11.5 Å². The summed E-state index contributed by atoms with van der Waals surface area (Å²) >= 11 is 9.94. The van der Waals surface area contributed by atoms with Gasteiger partial charge in [-0.25, -0.2) is 5.43 Å². The Hall–Kier alpha value is -2.16. The average Bonchev–Trinajstić information content (AvgIpc) is 2.74. The van der Waals surface area contributed by atoms with Gasteiger partial charge in [0.15, 0.2) is 6.61 Å². The van der Waals surface area contributed by atoms with E-state index < -0.39 is 5.91 Å². The molecular formula is C21H15Br3N2O3. The van der Waals surface area contributed by atoms with Gasteiger partial charge in [0.05, 0.1) is 15.2 Å². The van der Waals surface area contributed by atoms with Crippen LogP contribution in [0, 0.1) is 0 Å². The number of halogens is 3. The lowest BCUT2D eigenvalue weighted by Crippen LogP contribution is -2.24. The molecular weight excluding hydrogens is 568 g/mol. The predicted octanol–water partition coefficient (Wildman–Crippen LogP) is 5.88. The molecule has 0 unspecified atom stereocenters. The van der Waals surface area contributed by atoms with Gasteiger partial charge in [0.25, 0.3) is 5.91 Å². The number of hydrazone groups is 1. The van der Waals surface area contributed by atoms with Crippen molar-refractivity contribution in [2.75, 3.05) is 6.61 Å². The van der Waals surface area contributed by atoms with Crippen LogP contribution in [0.3, 0.4) is 0 Å². The lowest BCUT2D eigenvalue weighted by Gasteiger charge is -2.11. The van der Waals surface area contributed by atoms with Gasteiger partial charge in [-0.3, -0.25) is 4.79 Å². The van der Waals surface area contributed by atoms with E-state index in [0.717, 1.165) is 11.1 Å². The van der Waals surface area contributed by atoms with E-state index in [1.807, 2.05) is 54.6 Å². The zero-order valence-electron chi connectivity index (χ0n) is 14.9. The lowest BCUT2D eigenvalue weighted by molar-refractivity contribution is -0.123. The molecule has 29 heavy (non-hydrogen) atoms. The summed E-state index contributed by atoms with van der Waals surface area (Å²) in [4.78, 5) is 12.1. The maximum absolute atomic E-state index is 12.1. The quantitative estimate of drug-likeness (QED) is 0.282. The maximum atomic E-state index is 12.1. The van der Waals surface area contributed by atoms with Gasteiger partial charge in [-0.15, -0.1) is 0 Å². The summed E-state index contributed by atoms with van der Waals surface area (Å²) in [5.74, 6) is 0.251. The zero-order valence-corrected chi connectivity index (χ0v) is 19.7. The van der Waals surface area contributed by atoms with Gasteiger partial charge in [0.2, 0.25) is 0 Å². The van der Waals surface area contributed by atoms with Crippen molar-refractivity contribution in [3.63, 3.8) is 0 Å². The van der Waals surface area contributed by atoms with Crippen molar-refractivity contribution in [3.05, 3.63) is 79.6 Å². The highest BCUT2D eigenvalue weighted by molar-refractivity contribution is 9.11. The number of phenols is 1. The normalized spacial score (nSPS) is 10.9. The van der Waals surface area contributed by atoms with Crippen LogP contribution in [0.2, 0.25) is 0 Å². The van der Waals surface area contributed by atoms with E-state index >= 15 is 0 Å². The number of nitrogens with zero attached hydrogens (tertiary/aromatic N) is 1. The van der Waals surface area contributed by atoms with Gasteiger partial charge in [-0.2, -0.15) is 5.10 Å². The van der Waals surface area contributed by atoms with E-state index in [0.29, 0.717) is 24.7 Å². The molecule has 2 N–H and O–H groups in total. The monoisotopic (exact) mass is 580 g/mol. The van der Waals surface area contributed by atoms with Crippen LogP contribution < -0.4 is 10.2 Å². The van der Waals surface area contributed by atoms with Crippen LogP contribution in [-0.4, -0.2) is 23.8 Å². The van der Waals surface area contributed by atoms with Gasteiger partial charge in [0.1, 0.15) is 11.5 Å². The fourth-order valence-corrected chi connectivity index (χ4v) is 4.83. The molecule has 0 heterocycles. The van der Waals surface area contributed by atoms with Gasteiger partial charge in [-0.1, -0.05) is 64.5 Å². The van der Waals surface area contributed by atoms with E-state index in [1.54, 1.807) is 6.07 Å². The van der Waals surface area contributed by atoms with Crippen molar-refractivity contribution in [1.29, 1.82) is 0 Å². The highest BCUT2D eigenvalue weighted by atomic mass is 79.9. The summed E-state index contributed by atoms with van der Waals surface area (Å²) in [7, 11) is 0. The molecule has 0 atom stereocenters. The molecule has 0 fully saturated rings. The van der Waals surface area contributed by atoms with Gasteiger partial charge in [-0.05, 0) is 49.6 Å². The van der Waals surface area contributed by atoms with Gasteiger partial charge in [0, 0.05) is 15.6 Å². The minimum atomic E-state index is -0.405. The van der Waals surface area contributed by atoms with Crippen molar-refractivity contribution in [2.45, 2.75) is 0 Å². The Balaban J connectivity index is 1.64. The molecule has 8 heteroatoms. The minimum Gasteiger partial charge on any atom is -0.506 e. The molecule has 0 aromatic heterocycles. The first-order valence-electron chi connectivity index (χ1n) is 8.43. The topological polar surface area (TPSA) is 70.9 Å². The summed E-state index contributed by atoms with van der Waals surface area (Å²) in [6.45, 7) is -0.185. The number of amides is 1. The number of hydrogen-bond donors (Lipinski definition) is 2. The standard InChI is InChI=1S/C21H15Br3N2O3/c22-16-10-17(23)21(28)20(24)15(16)11-25-26-19(27)12-29-18-9-5-4-8-14(18)13-6-2-1-3-7-13/h1-11,28H,12H2,(H,26,27)/b25-11+. The number of rotatable bonds is 6. The lowest BCUT2D eigenvalue weighted by atomic mass is 10.1. The number of nitrogens with one attached hydrogen (secondary N) is 1. The third-order valence-electron chi connectivity index (χ3n) is 3.89. The van der Waals surface area contributed by atoms with E-state index in [-0.39, 0.29) is 12.4 Å². The number of phenolic OH excluding ortho intramolecular Hbond substituents is 1. The first-order valence-corrected chi connectivity index (χ1v) is 10.8. The fourth-order valence-electron chi connectivity index (χ4n) is 2.51. The van der Waals surface area contributed by atoms with Crippen LogP contribution in [0.15, 0.2) is 79.2 Å². The third kappa shape index (κ3) is 5.46. The first kappa shape index (κ1) is 21.5. The fraction of sp³-hybridized carbons (Fsp3) is 0.0476. The molecule has 148 valence electrons. The number of carbonyl (C=O) groups excluding carboxylic acids is 1. The van der Waals surface area contributed by atoms with Gasteiger partial charge < -0.3 is 9.84 Å². The Morgan fingerprint density at radius 1 is 1.03 bits per heavy atom. The largest absolute Gasteiger partial charge is 0.506 e. The number of hydrogen-bond acceptors (Lipinski definition) is 4. The Morgan fingerprint density at radius 2 is 1.72 bits per heavy atom. The third-order valence-corrected chi connectivity index (χ3v) is 5.96. The summed E-state index contributed by atoms with van der Waals surface area (Å²) < 4.78 is 7.36. The number of carbonyl (C=O) groups is 1. The number of para-hydroxylation sites is 1. The second kappa shape index (κ2) is 10.0. The van der Waals surface area contributed by atoms with Crippen molar-refractivity contribution < 1.29 is 14.6 Å². The van der Waals surface area contributed by atoms with Crippen LogP contribution in [0.1, 0.15) is 5.56 Å². The minimum absolute atomic E-state index is 0.0434. The van der Waals surface area contributed by atoms with Crippen LogP contribution >= 0.6 is 47.8 Å². The highest BCUT2D eigenvalue weighted by Gasteiger charge is 2.12. The maximum Gasteiger partial charge on any atom is 0.277 e. The molecule has 5 nitrogen and oxygen atoms in total. The SMILES string of the molecule is O=C(COc1ccccc1-c1ccccc1)N/N=C/c1c(Br)cc(Br)c(O)c1Br. The van der Waals surface area contributed by atoms with Crippen molar-refractivity contribution >= 4 is 59.9 Å². The molecule has 0 aliphatic heterocycles. The predicted molar refractivity (Wildman–Crippen MR) is 124 cm³/mol. The molecule has 0 saturated carbocycles. The molecule has 0 spiro atoms. The van der Waals surface area contributed by atoms with E-state index in [2.05, 4.69) is 58.3 Å². The number of aromatic hydroxyl groups is 1. The van der Waals surface area contributed by atoms with E-state index in [9.17, 15) is 9.90 Å². The molecule has 0 radical (unpaired) electrons. The first-order chi connectivity index (χ1) is 14.0. The Labute approximate surface area is 193 Å². The molecule has 0 bridgehead atoms. The summed E-state index contributed by atoms with van der Waals surface area (Å²) in [5, 5.41) is 13.9. The van der Waals surface area contributed by atoms with Crippen molar-refractivity contribution in [3.8, 4) is 22.6 Å². The molecule has 0 aliphatic rings. The highest BCUT2D eigenvalue weighted by Crippen LogP contribution is 2.38. The summed E-state index contributed by atoms with van der Waals surface area (Å²) in [6.07, 6.45) is 1.43. The molecule has 3 aromatic rings. The van der Waals surface area contributed by atoms with E-state index in [4.69, 9.17) is 4.74 Å². The Morgan fingerprint density at radius 3 is 2.48 bits per heavy atom. The second-order valence-corrected chi connectivity index (χ2v) is 8.36. The summed E-state index contributed by atoms with van der Waals surface area (Å²) in [6, 6.07) is 19.0. The zero-order chi connectivity index (χ0) is 20.8. The van der Waals surface area contributed by atoms with E-state index in [1.165, 1.54) is 6.21 Å². The smallest absolute Gasteiger partial charge is 0.277 e. The second-order valence-electron chi connectivity index (χ2n) is 5.86. The van der Waals surface area contributed by atoms with Crippen molar-refractivity contribution in [1.82, 2.24) is 5.43 Å². The Kier molecular flexibility index (Phi) is 7.46. The molecule has 1 amide bonds. The number of benzene rings is 3. The van der Waals surface area contributed by atoms with Crippen molar-refractivity contribution in [2.24, 2.45) is 5.10 Å². The molecule has 3 aromatic carbocycles. The van der Waals surface area contributed by atoms with Crippen LogP contribution in [0.4, 0.5) is 0 Å². The average molecular weight is 583 g/mol. The molecule has 0 aliphatic carbocycles. The molecule has 3 rings (SSSR count). The Bertz CT molecular complexity index is 1060.